The van der Waals surface area contributed by atoms with Gasteiger partial charge >= 0.3 is 12.0 Å². The van der Waals surface area contributed by atoms with Crippen LogP contribution in [0.15, 0.2) is 0 Å². The van der Waals surface area contributed by atoms with Gasteiger partial charge in [0, 0.05) is 18.6 Å². The molecule has 0 spiro atoms. The number of carbonyl (C=O) groups excluding carboxylic acids is 1. The van der Waals surface area contributed by atoms with Crippen molar-refractivity contribution < 1.29 is 14.7 Å². The van der Waals surface area contributed by atoms with Gasteiger partial charge in [0.25, 0.3) is 0 Å². The van der Waals surface area contributed by atoms with Crippen LogP contribution in [0.1, 0.15) is 26.2 Å². The zero-order valence-corrected chi connectivity index (χ0v) is 10.7. The molecule has 2 amide bonds. The van der Waals surface area contributed by atoms with E-state index < -0.39 is 5.97 Å². The number of urea groups is 1. The Bertz CT molecular complexity index is 327. The highest BCUT2D eigenvalue weighted by Crippen LogP contribution is 2.27. The van der Waals surface area contributed by atoms with Crippen LogP contribution in [-0.4, -0.2) is 53.7 Å². The molecule has 18 heavy (non-hydrogen) atoms. The maximum absolute atomic E-state index is 11.7. The summed E-state index contributed by atoms with van der Waals surface area (Å²) in [5, 5.41) is 14.3. The number of rotatable bonds is 4. The van der Waals surface area contributed by atoms with E-state index in [1.165, 1.54) is 0 Å². The van der Waals surface area contributed by atoms with Gasteiger partial charge in [-0.15, -0.1) is 0 Å². The molecule has 3 saturated heterocycles. The van der Waals surface area contributed by atoms with Gasteiger partial charge in [0.1, 0.15) is 0 Å². The molecule has 3 fully saturated rings. The number of piperidine rings is 3. The van der Waals surface area contributed by atoms with Crippen LogP contribution in [0.3, 0.4) is 0 Å². The summed E-state index contributed by atoms with van der Waals surface area (Å²) in [5.74, 6) is -0.318. The van der Waals surface area contributed by atoms with Crippen LogP contribution < -0.4 is 10.6 Å². The highest BCUT2D eigenvalue weighted by Gasteiger charge is 2.34. The Labute approximate surface area is 107 Å². The summed E-state index contributed by atoms with van der Waals surface area (Å²) in [6.07, 6.45) is 2.25. The second-order valence-electron chi connectivity index (χ2n) is 5.36. The van der Waals surface area contributed by atoms with Crippen molar-refractivity contribution in [2.45, 2.75) is 38.3 Å². The summed E-state index contributed by atoms with van der Waals surface area (Å²) in [7, 11) is 0. The zero-order valence-electron chi connectivity index (χ0n) is 10.7. The van der Waals surface area contributed by atoms with E-state index in [1.54, 1.807) is 6.92 Å². The van der Waals surface area contributed by atoms with Gasteiger partial charge in [-0.25, -0.2) is 4.79 Å². The van der Waals surface area contributed by atoms with Crippen LogP contribution in [0.2, 0.25) is 0 Å². The number of fused-ring (bicyclic) bond motifs is 3. The van der Waals surface area contributed by atoms with Crippen molar-refractivity contribution in [1.29, 1.82) is 0 Å². The molecule has 0 saturated carbocycles. The lowest BCUT2D eigenvalue weighted by molar-refractivity contribution is -0.137. The molecule has 0 radical (unpaired) electrons. The van der Waals surface area contributed by atoms with E-state index >= 15 is 0 Å². The minimum atomic E-state index is -0.898. The Balaban J connectivity index is 1.75. The summed E-state index contributed by atoms with van der Waals surface area (Å²) in [6, 6.07) is -0.379. The lowest BCUT2D eigenvalue weighted by Crippen LogP contribution is -2.59. The Hall–Kier alpha value is -1.30. The van der Waals surface area contributed by atoms with E-state index in [1.807, 2.05) is 0 Å². The SMILES string of the molecule is CC(CC(=O)O)NC(=O)NC1CN2CCC1CC2. The Kier molecular flexibility index (Phi) is 4.06. The van der Waals surface area contributed by atoms with Crippen molar-refractivity contribution in [1.82, 2.24) is 15.5 Å². The Morgan fingerprint density at radius 2 is 2.06 bits per heavy atom. The van der Waals surface area contributed by atoms with Crippen LogP contribution in [0.25, 0.3) is 0 Å². The summed E-state index contributed by atoms with van der Waals surface area (Å²) >= 11 is 0. The molecule has 0 aromatic heterocycles. The van der Waals surface area contributed by atoms with Gasteiger partial charge in [-0.2, -0.15) is 0 Å². The van der Waals surface area contributed by atoms with Gasteiger partial charge in [0.2, 0.25) is 0 Å². The van der Waals surface area contributed by atoms with Crippen molar-refractivity contribution in [3.05, 3.63) is 0 Å². The fourth-order valence-corrected chi connectivity index (χ4v) is 2.88. The Morgan fingerprint density at radius 1 is 1.39 bits per heavy atom. The molecule has 0 aromatic rings. The first-order valence-electron chi connectivity index (χ1n) is 6.56. The smallest absolute Gasteiger partial charge is 0.315 e. The summed E-state index contributed by atoms with van der Waals surface area (Å²) in [6.45, 7) is 4.90. The number of nitrogens with zero attached hydrogens (tertiary/aromatic N) is 1. The highest BCUT2D eigenvalue weighted by molar-refractivity contribution is 5.76. The van der Waals surface area contributed by atoms with Crippen molar-refractivity contribution in [2.75, 3.05) is 19.6 Å². The van der Waals surface area contributed by atoms with Crippen molar-refractivity contribution in [3.8, 4) is 0 Å². The predicted molar refractivity (Wildman–Crippen MR) is 66.3 cm³/mol. The number of nitrogens with one attached hydrogen (secondary N) is 2. The van der Waals surface area contributed by atoms with Crippen LogP contribution >= 0.6 is 0 Å². The predicted octanol–water partition coefficient (Wildman–Crippen LogP) is 0.243. The van der Waals surface area contributed by atoms with Crippen LogP contribution in [0, 0.1) is 5.92 Å². The van der Waals surface area contributed by atoms with E-state index in [9.17, 15) is 9.59 Å². The molecule has 3 aliphatic heterocycles. The fraction of sp³-hybridized carbons (Fsp3) is 0.833. The second kappa shape index (κ2) is 5.56. The average Bonchev–Trinajstić information content (AvgIpc) is 2.28. The summed E-state index contributed by atoms with van der Waals surface area (Å²) in [4.78, 5) is 24.6. The summed E-state index contributed by atoms with van der Waals surface area (Å²) in [5.41, 5.74) is 0. The van der Waals surface area contributed by atoms with Gasteiger partial charge in [-0.3, -0.25) is 4.79 Å². The van der Waals surface area contributed by atoms with Crippen LogP contribution in [0.5, 0.6) is 0 Å². The first-order valence-corrected chi connectivity index (χ1v) is 6.56. The van der Waals surface area contributed by atoms with Gasteiger partial charge < -0.3 is 20.6 Å². The van der Waals surface area contributed by atoms with E-state index in [0.29, 0.717) is 5.92 Å². The maximum Gasteiger partial charge on any atom is 0.315 e. The molecule has 6 heteroatoms. The molecule has 102 valence electrons. The number of carbonyl (C=O) groups is 2. The number of amides is 2. The molecule has 3 N–H and O–H groups in total. The molecule has 3 aliphatic rings. The first-order chi connectivity index (χ1) is 8.54. The number of carboxylic acid groups (broad SMARTS) is 1. The largest absolute Gasteiger partial charge is 0.481 e. The highest BCUT2D eigenvalue weighted by atomic mass is 16.4. The third-order valence-electron chi connectivity index (χ3n) is 3.83. The van der Waals surface area contributed by atoms with Crippen molar-refractivity contribution >= 4 is 12.0 Å². The minimum Gasteiger partial charge on any atom is -0.481 e. The maximum atomic E-state index is 11.7. The standard InChI is InChI=1S/C12H21N3O3/c1-8(6-11(16)17)13-12(18)14-10-7-15-4-2-9(10)3-5-15/h8-10H,2-7H2,1H3,(H,16,17)(H2,13,14,18). The van der Waals surface area contributed by atoms with Gasteiger partial charge in [0.05, 0.1) is 6.42 Å². The number of carboxylic acids is 1. The average molecular weight is 255 g/mol. The molecule has 3 heterocycles. The topological polar surface area (TPSA) is 81.7 Å². The Morgan fingerprint density at radius 3 is 2.56 bits per heavy atom. The molecule has 0 aromatic carbocycles. The third-order valence-corrected chi connectivity index (χ3v) is 3.83. The van der Waals surface area contributed by atoms with Gasteiger partial charge in [-0.1, -0.05) is 0 Å². The molecular weight excluding hydrogens is 234 g/mol. The van der Waals surface area contributed by atoms with Gasteiger partial charge in [-0.05, 0) is 38.8 Å². The molecule has 3 rings (SSSR count). The van der Waals surface area contributed by atoms with Crippen LogP contribution in [0.4, 0.5) is 4.79 Å². The van der Waals surface area contributed by atoms with E-state index in [0.717, 1.165) is 32.5 Å². The monoisotopic (exact) mass is 255 g/mol. The molecule has 2 bridgehead atoms. The second-order valence-corrected chi connectivity index (χ2v) is 5.36. The zero-order chi connectivity index (χ0) is 13.1. The van der Waals surface area contributed by atoms with Crippen molar-refractivity contribution in [2.24, 2.45) is 5.92 Å². The van der Waals surface area contributed by atoms with E-state index in [-0.39, 0.29) is 24.5 Å². The summed E-state index contributed by atoms with van der Waals surface area (Å²) < 4.78 is 0. The molecule has 0 aliphatic carbocycles. The lowest BCUT2D eigenvalue weighted by atomic mass is 9.84. The normalized spacial score (nSPS) is 31.7. The lowest BCUT2D eigenvalue weighted by Gasteiger charge is -2.44. The van der Waals surface area contributed by atoms with Crippen molar-refractivity contribution in [3.63, 3.8) is 0 Å². The molecular formula is C12H21N3O3. The first kappa shape index (κ1) is 13.1. The quantitative estimate of drug-likeness (QED) is 0.672. The van der Waals surface area contributed by atoms with Crippen LogP contribution in [-0.2, 0) is 4.79 Å². The minimum absolute atomic E-state index is 0.0480. The van der Waals surface area contributed by atoms with E-state index in [4.69, 9.17) is 5.11 Å². The van der Waals surface area contributed by atoms with Gasteiger partial charge in [0.15, 0.2) is 0 Å². The molecule has 2 atom stereocenters. The number of aliphatic carboxylic acids is 1. The molecule has 6 nitrogen and oxygen atoms in total. The van der Waals surface area contributed by atoms with E-state index in [2.05, 4.69) is 15.5 Å². The number of hydrogen-bond acceptors (Lipinski definition) is 3. The fourth-order valence-electron chi connectivity index (χ4n) is 2.88. The third kappa shape index (κ3) is 3.35. The molecule has 2 unspecified atom stereocenters. The number of hydrogen-bond donors (Lipinski definition) is 3.